The second-order valence-electron chi connectivity index (χ2n) is 13.7. The fourth-order valence-electron chi connectivity index (χ4n) is 6.91. The van der Waals surface area contributed by atoms with Crippen molar-refractivity contribution in [2.75, 3.05) is 13.2 Å². The molecule has 1 unspecified atom stereocenters. The molecule has 4 heterocycles. The summed E-state index contributed by atoms with van der Waals surface area (Å²) in [5, 5.41) is 17.4. The first-order valence-electron chi connectivity index (χ1n) is 18.8. The summed E-state index contributed by atoms with van der Waals surface area (Å²) in [5.41, 5.74) is 4.98. The molecule has 0 bridgehead atoms. The standard InChI is InChI=1S/C42H42N10O6/c1-3-58-42(57)51-34(27-11-6-4-7-12-27)39(53)47-25(2)36-45-24-32(48-36)30-21-43-37(44-22-30)29-18-16-26(17-19-29)31-23-46-38(49-31)33-15-10-20-52(33)40(54)35(50-41(55)56)28-13-8-5-9-14-28/h4-9,11-14,16-19,21-25,33-35,50H,3,10,15,20H2,1-2H3,(H,45,48)(H,46,49)(H,47,53)(H,51,57)(H,55,56)/t25-,33-,34?,35+/m0/s1. The van der Waals surface area contributed by atoms with Gasteiger partial charge in [-0.2, -0.15) is 0 Å². The normalized spacial score (nSPS) is 15.2. The number of alkyl carbamates (subject to hydrolysis) is 1. The number of carbonyl (C=O) groups is 4. The molecule has 0 spiro atoms. The molecular formula is C42H42N10O6. The molecule has 0 radical (unpaired) electrons. The molecule has 1 aliphatic heterocycles. The van der Waals surface area contributed by atoms with Crippen molar-refractivity contribution >= 4 is 24.0 Å². The third-order valence-corrected chi connectivity index (χ3v) is 9.81. The van der Waals surface area contributed by atoms with Gasteiger partial charge < -0.3 is 40.7 Å². The Hall–Kier alpha value is -7.36. The Balaban J connectivity index is 0.986. The molecule has 1 fully saturated rings. The maximum atomic E-state index is 13.7. The maximum absolute atomic E-state index is 13.7. The van der Waals surface area contributed by atoms with Crippen molar-refractivity contribution in [3.63, 3.8) is 0 Å². The van der Waals surface area contributed by atoms with Gasteiger partial charge in [0.1, 0.15) is 23.7 Å². The minimum Gasteiger partial charge on any atom is -0.465 e. The van der Waals surface area contributed by atoms with E-state index in [1.807, 2.05) is 36.4 Å². The van der Waals surface area contributed by atoms with Crippen LogP contribution in [-0.2, 0) is 14.3 Å². The third-order valence-electron chi connectivity index (χ3n) is 9.81. The van der Waals surface area contributed by atoms with Gasteiger partial charge >= 0.3 is 12.2 Å². The Morgan fingerprint density at radius 3 is 2.03 bits per heavy atom. The van der Waals surface area contributed by atoms with Crippen molar-refractivity contribution < 1.29 is 29.0 Å². The van der Waals surface area contributed by atoms with Gasteiger partial charge in [0, 0.05) is 30.1 Å². The molecule has 1 aliphatic rings. The van der Waals surface area contributed by atoms with E-state index < -0.39 is 36.2 Å². The van der Waals surface area contributed by atoms with Crippen LogP contribution >= 0.6 is 0 Å². The van der Waals surface area contributed by atoms with Gasteiger partial charge in [-0.15, -0.1) is 0 Å². The van der Waals surface area contributed by atoms with Crippen LogP contribution in [0.25, 0.3) is 33.9 Å². The van der Waals surface area contributed by atoms with Crippen molar-refractivity contribution in [3.8, 4) is 33.9 Å². The minimum atomic E-state index is -1.27. The number of rotatable bonds is 13. The lowest BCUT2D eigenvalue weighted by molar-refractivity contribution is -0.134. The Morgan fingerprint density at radius 2 is 1.38 bits per heavy atom. The number of benzene rings is 3. The summed E-state index contributed by atoms with van der Waals surface area (Å²) in [6.45, 7) is 4.14. The first-order chi connectivity index (χ1) is 28.2. The molecule has 4 amide bonds. The van der Waals surface area contributed by atoms with Crippen LogP contribution < -0.4 is 16.0 Å². The molecule has 1 saturated heterocycles. The maximum Gasteiger partial charge on any atom is 0.408 e. The van der Waals surface area contributed by atoms with Gasteiger partial charge in [0.2, 0.25) is 5.91 Å². The summed E-state index contributed by atoms with van der Waals surface area (Å²) in [6.07, 6.45) is 6.25. The monoisotopic (exact) mass is 782 g/mol. The summed E-state index contributed by atoms with van der Waals surface area (Å²) in [6, 6.07) is 22.6. The van der Waals surface area contributed by atoms with Crippen LogP contribution in [0.5, 0.6) is 0 Å². The SMILES string of the molecule is CCOC(=O)NC(C(=O)N[C@@H](C)c1ncc(-c2cnc(-c3ccc(-c4cnc([C@@H]5CCCN5C(=O)[C@H](NC(=O)O)c5ccccc5)[nH]4)cc3)nc2)[nH]1)c1ccccc1. The summed E-state index contributed by atoms with van der Waals surface area (Å²) in [4.78, 5) is 77.4. The predicted octanol–water partition coefficient (Wildman–Crippen LogP) is 6.26. The highest BCUT2D eigenvalue weighted by atomic mass is 16.5. The Morgan fingerprint density at radius 1 is 0.759 bits per heavy atom. The second kappa shape index (κ2) is 17.6. The lowest BCUT2D eigenvalue weighted by atomic mass is 10.1. The first-order valence-corrected chi connectivity index (χ1v) is 18.8. The molecule has 58 heavy (non-hydrogen) atoms. The highest BCUT2D eigenvalue weighted by Crippen LogP contribution is 2.34. The van der Waals surface area contributed by atoms with Crippen LogP contribution in [0.3, 0.4) is 0 Å². The van der Waals surface area contributed by atoms with Crippen LogP contribution in [0.1, 0.15) is 73.6 Å². The second-order valence-corrected chi connectivity index (χ2v) is 13.7. The Kier molecular flexibility index (Phi) is 11.8. The fraction of sp³-hybridized carbons (Fsp3) is 0.238. The number of nitrogens with zero attached hydrogens (tertiary/aromatic N) is 5. The molecule has 0 saturated carbocycles. The smallest absolute Gasteiger partial charge is 0.408 e. The lowest BCUT2D eigenvalue weighted by Crippen LogP contribution is -2.42. The highest BCUT2D eigenvalue weighted by molar-refractivity contribution is 5.88. The molecule has 4 atom stereocenters. The summed E-state index contributed by atoms with van der Waals surface area (Å²) in [7, 11) is 0. The van der Waals surface area contributed by atoms with Gasteiger partial charge in [0.05, 0.1) is 42.5 Å². The molecule has 6 N–H and O–H groups in total. The molecule has 7 rings (SSSR count). The van der Waals surface area contributed by atoms with Gasteiger partial charge in [0.25, 0.3) is 5.91 Å². The number of hydrogen-bond donors (Lipinski definition) is 6. The third kappa shape index (κ3) is 8.86. The van der Waals surface area contributed by atoms with Crippen molar-refractivity contribution in [2.24, 2.45) is 0 Å². The number of amides is 4. The predicted molar refractivity (Wildman–Crippen MR) is 213 cm³/mol. The van der Waals surface area contributed by atoms with E-state index in [1.165, 1.54) is 0 Å². The first kappa shape index (κ1) is 38.9. The van der Waals surface area contributed by atoms with Crippen molar-refractivity contribution in [1.82, 2.24) is 50.8 Å². The Bertz CT molecular complexity index is 2350. The number of likely N-dealkylation sites (tertiary alicyclic amines) is 1. The van der Waals surface area contributed by atoms with Crippen molar-refractivity contribution in [3.05, 3.63) is 132 Å². The van der Waals surface area contributed by atoms with E-state index in [0.717, 1.165) is 23.2 Å². The minimum absolute atomic E-state index is 0.173. The highest BCUT2D eigenvalue weighted by Gasteiger charge is 2.37. The molecule has 16 heteroatoms. The van der Waals surface area contributed by atoms with E-state index in [0.29, 0.717) is 52.8 Å². The number of carbonyl (C=O) groups excluding carboxylic acids is 3. The van der Waals surface area contributed by atoms with E-state index in [4.69, 9.17) is 4.74 Å². The van der Waals surface area contributed by atoms with E-state index in [1.54, 1.807) is 92.1 Å². The van der Waals surface area contributed by atoms with Crippen molar-refractivity contribution in [1.29, 1.82) is 0 Å². The van der Waals surface area contributed by atoms with Gasteiger partial charge in [0.15, 0.2) is 5.82 Å². The number of aromatic amines is 2. The van der Waals surface area contributed by atoms with Gasteiger partial charge in [-0.3, -0.25) is 9.59 Å². The molecule has 6 aromatic rings. The van der Waals surface area contributed by atoms with E-state index in [9.17, 15) is 24.3 Å². The number of imidazole rings is 2. The lowest BCUT2D eigenvalue weighted by Gasteiger charge is -2.28. The average Bonchev–Trinajstić information content (AvgIpc) is 4.05. The molecule has 296 valence electrons. The summed E-state index contributed by atoms with van der Waals surface area (Å²) in [5.74, 6) is 0.909. The van der Waals surface area contributed by atoms with E-state index >= 15 is 0 Å². The number of hydrogen-bond acceptors (Lipinski definition) is 9. The summed E-state index contributed by atoms with van der Waals surface area (Å²) < 4.78 is 5.01. The van der Waals surface area contributed by atoms with Gasteiger partial charge in [-0.25, -0.2) is 29.5 Å². The molecule has 3 aromatic heterocycles. The quantitative estimate of drug-likeness (QED) is 0.0772. The molecule has 16 nitrogen and oxygen atoms in total. The van der Waals surface area contributed by atoms with Crippen LogP contribution in [-0.4, -0.2) is 77.1 Å². The fourth-order valence-corrected chi connectivity index (χ4v) is 6.91. The molecule has 0 aliphatic carbocycles. The largest absolute Gasteiger partial charge is 0.465 e. The zero-order valence-corrected chi connectivity index (χ0v) is 31.8. The van der Waals surface area contributed by atoms with Crippen LogP contribution in [0.2, 0.25) is 0 Å². The van der Waals surface area contributed by atoms with Crippen LogP contribution in [0, 0.1) is 0 Å². The van der Waals surface area contributed by atoms with Gasteiger partial charge in [-0.1, -0.05) is 84.9 Å². The topological polar surface area (TPSA) is 220 Å². The molecule has 3 aromatic carbocycles. The number of nitrogens with one attached hydrogen (secondary N) is 5. The van der Waals surface area contributed by atoms with E-state index in [2.05, 4.69) is 45.9 Å². The zero-order valence-electron chi connectivity index (χ0n) is 31.8. The number of H-pyrrole nitrogens is 2. The summed E-state index contributed by atoms with van der Waals surface area (Å²) >= 11 is 0. The number of ether oxygens (including phenoxy) is 1. The van der Waals surface area contributed by atoms with Crippen LogP contribution in [0.4, 0.5) is 9.59 Å². The van der Waals surface area contributed by atoms with Crippen molar-refractivity contribution in [2.45, 2.75) is 50.9 Å². The molecular weight excluding hydrogens is 741 g/mol. The Labute approximate surface area is 333 Å². The number of aromatic nitrogens is 6. The van der Waals surface area contributed by atoms with Crippen LogP contribution in [0.15, 0.2) is 110 Å². The number of carboxylic acid groups (broad SMARTS) is 1. The van der Waals surface area contributed by atoms with E-state index in [-0.39, 0.29) is 18.6 Å². The zero-order chi connectivity index (χ0) is 40.6. The average molecular weight is 783 g/mol. The van der Waals surface area contributed by atoms with Gasteiger partial charge in [-0.05, 0) is 43.4 Å².